The summed E-state index contributed by atoms with van der Waals surface area (Å²) >= 11 is 5.78. The number of hydrogen-bond donors (Lipinski definition) is 2. The number of hydrogen-bond acceptors (Lipinski definition) is 4. The van der Waals surface area contributed by atoms with Crippen molar-refractivity contribution in [3.63, 3.8) is 0 Å². The smallest absolute Gasteiger partial charge is 0.324 e. The highest BCUT2D eigenvalue weighted by Crippen LogP contribution is 2.35. The molecule has 0 aliphatic rings. The molecule has 2 N–H and O–H groups in total. The van der Waals surface area contributed by atoms with Gasteiger partial charge in [-0.2, -0.15) is 13.2 Å². The fourth-order valence-electron chi connectivity index (χ4n) is 2.21. The summed E-state index contributed by atoms with van der Waals surface area (Å²) in [5.74, 6) is -0.519. The van der Waals surface area contributed by atoms with Crippen molar-refractivity contribution in [2.45, 2.75) is 6.18 Å². The van der Waals surface area contributed by atoms with Crippen LogP contribution in [0.15, 0.2) is 60.9 Å². The molecule has 0 radical (unpaired) electrons. The van der Waals surface area contributed by atoms with Crippen LogP contribution in [0.4, 0.5) is 30.5 Å². The standard InChI is InChI=1S/C18H12ClF3N4O/c19-12-5-7-13(8-6-12)25-16(27)11-9-23-17(24-10-11)26-15-4-2-1-3-14(15)18(20,21)22/h1-10H,(H,25,27)(H,23,24,26). The Hall–Kier alpha value is -3.13. The minimum absolute atomic E-state index is 0.0604. The van der Waals surface area contributed by atoms with Gasteiger partial charge in [-0.1, -0.05) is 23.7 Å². The predicted molar refractivity (Wildman–Crippen MR) is 96.2 cm³/mol. The van der Waals surface area contributed by atoms with Crippen molar-refractivity contribution >= 4 is 34.8 Å². The van der Waals surface area contributed by atoms with Crippen LogP contribution in [0.25, 0.3) is 0 Å². The number of aromatic nitrogens is 2. The monoisotopic (exact) mass is 392 g/mol. The fraction of sp³-hybridized carbons (Fsp3) is 0.0556. The van der Waals surface area contributed by atoms with E-state index in [-0.39, 0.29) is 17.2 Å². The number of benzene rings is 2. The number of carbonyl (C=O) groups excluding carboxylic acids is 1. The summed E-state index contributed by atoms with van der Waals surface area (Å²) in [6, 6.07) is 11.5. The second kappa shape index (κ2) is 7.63. The molecule has 0 bridgehead atoms. The maximum Gasteiger partial charge on any atom is 0.418 e. The normalized spacial score (nSPS) is 11.1. The Kier molecular flexibility index (Phi) is 5.27. The highest BCUT2D eigenvalue weighted by atomic mass is 35.5. The molecule has 1 aromatic heterocycles. The summed E-state index contributed by atoms with van der Waals surface area (Å²) in [6.45, 7) is 0. The molecule has 9 heteroatoms. The van der Waals surface area contributed by atoms with Crippen LogP contribution in [-0.2, 0) is 6.18 Å². The minimum Gasteiger partial charge on any atom is -0.324 e. The van der Waals surface area contributed by atoms with Crippen molar-refractivity contribution < 1.29 is 18.0 Å². The summed E-state index contributed by atoms with van der Waals surface area (Å²) in [5.41, 5.74) is -0.327. The first kappa shape index (κ1) is 18.7. The van der Waals surface area contributed by atoms with E-state index in [1.54, 1.807) is 24.3 Å². The van der Waals surface area contributed by atoms with Crippen LogP contribution in [0.2, 0.25) is 5.02 Å². The number of amides is 1. The molecule has 3 rings (SSSR count). The molecule has 27 heavy (non-hydrogen) atoms. The molecular formula is C18H12ClF3N4O. The first-order chi connectivity index (χ1) is 12.8. The van der Waals surface area contributed by atoms with Gasteiger partial charge in [0.05, 0.1) is 16.8 Å². The first-order valence-electron chi connectivity index (χ1n) is 7.65. The van der Waals surface area contributed by atoms with E-state index in [1.165, 1.54) is 30.6 Å². The van der Waals surface area contributed by atoms with E-state index in [9.17, 15) is 18.0 Å². The third-order valence-electron chi connectivity index (χ3n) is 3.50. The Morgan fingerprint density at radius 2 is 1.59 bits per heavy atom. The van der Waals surface area contributed by atoms with Gasteiger partial charge in [0.25, 0.3) is 5.91 Å². The molecule has 3 aromatic rings. The summed E-state index contributed by atoms with van der Waals surface area (Å²) in [6.07, 6.45) is -2.07. The van der Waals surface area contributed by atoms with Gasteiger partial charge in [-0.15, -0.1) is 0 Å². The minimum atomic E-state index is -4.51. The van der Waals surface area contributed by atoms with Crippen LogP contribution < -0.4 is 10.6 Å². The van der Waals surface area contributed by atoms with Crippen LogP contribution in [-0.4, -0.2) is 15.9 Å². The number of nitrogens with zero attached hydrogens (tertiary/aromatic N) is 2. The Morgan fingerprint density at radius 3 is 2.22 bits per heavy atom. The molecule has 1 amide bonds. The van der Waals surface area contributed by atoms with Crippen LogP contribution >= 0.6 is 11.6 Å². The second-order valence-electron chi connectivity index (χ2n) is 5.42. The summed E-state index contributed by atoms with van der Waals surface area (Å²) in [4.78, 5) is 20.0. The lowest BCUT2D eigenvalue weighted by molar-refractivity contribution is -0.136. The third-order valence-corrected chi connectivity index (χ3v) is 3.75. The lowest BCUT2D eigenvalue weighted by Gasteiger charge is -2.13. The molecule has 0 aliphatic carbocycles. The number of nitrogens with one attached hydrogen (secondary N) is 2. The van der Waals surface area contributed by atoms with Gasteiger partial charge in [0, 0.05) is 23.1 Å². The zero-order chi connectivity index (χ0) is 19.4. The van der Waals surface area contributed by atoms with Gasteiger partial charge in [-0.25, -0.2) is 9.97 Å². The number of para-hydroxylation sites is 1. The summed E-state index contributed by atoms with van der Waals surface area (Å²) < 4.78 is 39.0. The Morgan fingerprint density at radius 1 is 0.963 bits per heavy atom. The predicted octanol–water partition coefficient (Wildman–Crippen LogP) is 5.14. The summed E-state index contributed by atoms with van der Waals surface area (Å²) in [5, 5.41) is 5.68. The average molecular weight is 393 g/mol. The Balaban J connectivity index is 1.72. The second-order valence-corrected chi connectivity index (χ2v) is 5.86. The number of anilines is 3. The van der Waals surface area contributed by atoms with Crippen molar-refractivity contribution in [1.29, 1.82) is 0 Å². The van der Waals surface area contributed by atoms with Crippen molar-refractivity contribution in [2.24, 2.45) is 0 Å². The van der Waals surface area contributed by atoms with Crippen molar-refractivity contribution in [3.05, 3.63) is 77.1 Å². The van der Waals surface area contributed by atoms with Crippen LogP contribution in [0.5, 0.6) is 0 Å². The molecule has 0 aliphatic heterocycles. The maximum atomic E-state index is 13.0. The van der Waals surface area contributed by atoms with Crippen LogP contribution in [0, 0.1) is 0 Å². The molecule has 0 saturated carbocycles. The maximum absolute atomic E-state index is 13.0. The number of alkyl halides is 3. The molecule has 0 unspecified atom stereocenters. The Labute approximate surface area is 157 Å². The zero-order valence-electron chi connectivity index (χ0n) is 13.6. The van der Waals surface area contributed by atoms with E-state index >= 15 is 0 Å². The summed E-state index contributed by atoms with van der Waals surface area (Å²) in [7, 11) is 0. The molecule has 2 aromatic carbocycles. The van der Waals surface area contributed by atoms with E-state index in [0.29, 0.717) is 10.7 Å². The highest BCUT2D eigenvalue weighted by Gasteiger charge is 2.33. The van der Waals surface area contributed by atoms with E-state index < -0.39 is 17.6 Å². The van der Waals surface area contributed by atoms with Crippen molar-refractivity contribution in [1.82, 2.24) is 9.97 Å². The molecule has 0 atom stereocenters. The van der Waals surface area contributed by atoms with Crippen molar-refractivity contribution in [3.8, 4) is 0 Å². The Bertz CT molecular complexity index is 944. The molecule has 0 spiro atoms. The molecule has 0 fully saturated rings. The van der Waals surface area contributed by atoms with E-state index in [0.717, 1.165) is 6.07 Å². The average Bonchev–Trinajstić information content (AvgIpc) is 2.64. The molecule has 1 heterocycles. The fourth-order valence-corrected chi connectivity index (χ4v) is 2.33. The van der Waals surface area contributed by atoms with Crippen LogP contribution in [0.1, 0.15) is 15.9 Å². The third kappa shape index (κ3) is 4.73. The number of halogens is 4. The first-order valence-corrected chi connectivity index (χ1v) is 8.03. The quantitative estimate of drug-likeness (QED) is 0.644. The lowest BCUT2D eigenvalue weighted by Crippen LogP contribution is -2.13. The van der Waals surface area contributed by atoms with Gasteiger partial charge in [0.1, 0.15) is 0 Å². The molecule has 5 nitrogen and oxygen atoms in total. The zero-order valence-corrected chi connectivity index (χ0v) is 14.3. The van der Waals surface area contributed by atoms with Crippen molar-refractivity contribution in [2.75, 3.05) is 10.6 Å². The molecule has 138 valence electrons. The SMILES string of the molecule is O=C(Nc1ccc(Cl)cc1)c1cnc(Nc2ccccc2C(F)(F)F)nc1. The largest absolute Gasteiger partial charge is 0.418 e. The lowest BCUT2D eigenvalue weighted by atomic mass is 10.1. The van der Waals surface area contributed by atoms with Gasteiger partial charge in [0.2, 0.25) is 5.95 Å². The van der Waals surface area contributed by atoms with E-state index in [2.05, 4.69) is 20.6 Å². The molecular weight excluding hydrogens is 381 g/mol. The van der Waals surface area contributed by atoms with E-state index in [1.807, 2.05) is 0 Å². The van der Waals surface area contributed by atoms with Crippen LogP contribution in [0.3, 0.4) is 0 Å². The topological polar surface area (TPSA) is 66.9 Å². The van der Waals surface area contributed by atoms with E-state index in [4.69, 9.17) is 11.6 Å². The number of carbonyl (C=O) groups is 1. The van der Waals surface area contributed by atoms with Gasteiger partial charge in [0.15, 0.2) is 0 Å². The van der Waals surface area contributed by atoms with Gasteiger partial charge in [-0.3, -0.25) is 4.79 Å². The van der Waals surface area contributed by atoms with Gasteiger partial charge < -0.3 is 10.6 Å². The van der Waals surface area contributed by atoms with Gasteiger partial charge >= 0.3 is 6.18 Å². The molecule has 0 saturated heterocycles. The highest BCUT2D eigenvalue weighted by molar-refractivity contribution is 6.30. The van der Waals surface area contributed by atoms with Gasteiger partial charge in [-0.05, 0) is 36.4 Å². The number of rotatable bonds is 4.